The molecule has 1 saturated heterocycles. The number of nitrogens with zero attached hydrogens (tertiary/aromatic N) is 3. The van der Waals surface area contributed by atoms with Crippen molar-refractivity contribution in [1.82, 2.24) is 9.29 Å². The van der Waals surface area contributed by atoms with Crippen molar-refractivity contribution in [3.05, 3.63) is 88.9 Å². The SMILES string of the molecule is O=C(c1ccc(S(=O)(=O)N2CCCCC2)cc1)N(Cc1ccccc1)c1nc2c(Cl)cccc2s1. The number of aromatic nitrogens is 1. The third-order valence-corrected chi connectivity index (χ3v) is 9.33. The highest BCUT2D eigenvalue weighted by atomic mass is 35.5. The van der Waals surface area contributed by atoms with Crippen molar-refractivity contribution >= 4 is 54.2 Å². The van der Waals surface area contributed by atoms with Gasteiger partial charge < -0.3 is 0 Å². The fourth-order valence-electron chi connectivity index (χ4n) is 4.19. The van der Waals surface area contributed by atoms with Gasteiger partial charge in [-0.15, -0.1) is 0 Å². The summed E-state index contributed by atoms with van der Waals surface area (Å²) >= 11 is 7.73. The Balaban J connectivity index is 1.47. The lowest BCUT2D eigenvalue weighted by Gasteiger charge is -2.26. The van der Waals surface area contributed by atoms with Crippen molar-refractivity contribution < 1.29 is 13.2 Å². The number of benzene rings is 3. The van der Waals surface area contributed by atoms with Gasteiger partial charge in [0.15, 0.2) is 5.13 Å². The van der Waals surface area contributed by atoms with Crippen LogP contribution >= 0.6 is 22.9 Å². The first-order chi connectivity index (χ1) is 16.9. The van der Waals surface area contributed by atoms with Crippen LogP contribution in [0, 0.1) is 0 Å². The van der Waals surface area contributed by atoms with E-state index in [1.54, 1.807) is 23.1 Å². The van der Waals surface area contributed by atoms with Gasteiger partial charge in [-0.05, 0) is 54.8 Å². The molecule has 0 atom stereocenters. The number of hydrogen-bond acceptors (Lipinski definition) is 5. The second kappa shape index (κ2) is 10.1. The predicted octanol–water partition coefficient (Wildman–Crippen LogP) is 5.97. The lowest BCUT2D eigenvalue weighted by molar-refractivity contribution is 0.0985. The third kappa shape index (κ3) is 4.97. The molecule has 2 heterocycles. The maximum Gasteiger partial charge on any atom is 0.260 e. The van der Waals surface area contributed by atoms with E-state index in [0.717, 1.165) is 29.5 Å². The molecule has 0 N–H and O–H groups in total. The molecule has 9 heteroatoms. The van der Waals surface area contributed by atoms with Crippen LogP contribution in [0.5, 0.6) is 0 Å². The maximum atomic E-state index is 13.7. The number of hydrogen-bond donors (Lipinski definition) is 0. The molecule has 1 aromatic heterocycles. The molecule has 35 heavy (non-hydrogen) atoms. The number of amides is 1. The van der Waals surface area contributed by atoms with E-state index in [9.17, 15) is 13.2 Å². The minimum atomic E-state index is -3.56. The van der Waals surface area contributed by atoms with E-state index in [1.165, 1.54) is 27.8 Å². The highest BCUT2D eigenvalue weighted by molar-refractivity contribution is 7.89. The van der Waals surface area contributed by atoms with Crippen molar-refractivity contribution in [2.75, 3.05) is 18.0 Å². The fraction of sp³-hybridized carbons (Fsp3) is 0.231. The number of piperidine rings is 1. The summed E-state index contributed by atoms with van der Waals surface area (Å²) in [6.07, 6.45) is 2.79. The van der Waals surface area contributed by atoms with Gasteiger partial charge >= 0.3 is 0 Å². The maximum absolute atomic E-state index is 13.7. The second-order valence-electron chi connectivity index (χ2n) is 8.45. The number of carbonyl (C=O) groups is 1. The lowest BCUT2D eigenvalue weighted by atomic mass is 10.1. The van der Waals surface area contributed by atoms with E-state index in [-0.39, 0.29) is 10.8 Å². The average molecular weight is 526 g/mol. The molecule has 4 aromatic rings. The Morgan fingerprint density at radius 2 is 1.66 bits per heavy atom. The number of thiazole rings is 1. The zero-order valence-electron chi connectivity index (χ0n) is 18.9. The molecule has 0 unspecified atom stereocenters. The molecule has 0 bridgehead atoms. The van der Waals surface area contributed by atoms with Crippen LogP contribution in [0.4, 0.5) is 5.13 Å². The van der Waals surface area contributed by atoms with Crippen LogP contribution in [0.15, 0.2) is 77.7 Å². The number of rotatable bonds is 6. The monoisotopic (exact) mass is 525 g/mol. The number of carbonyl (C=O) groups excluding carboxylic acids is 1. The first-order valence-electron chi connectivity index (χ1n) is 11.4. The molecule has 1 aliphatic rings. The van der Waals surface area contributed by atoms with E-state index in [2.05, 4.69) is 4.98 Å². The lowest BCUT2D eigenvalue weighted by Crippen LogP contribution is -2.35. The molecule has 1 aliphatic heterocycles. The summed E-state index contributed by atoms with van der Waals surface area (Å²) in [5.74, 6) is -0.258. The molecule has 1 fully saturated rings. The Labute approximate surface area is 213 Å². The number of halogens is 1. The molecule has 5 rings (SSSR count). The molecule has 1 amide bonds. The Morgan fingerprint density at radius 3 is 2.34 bits per heavy atom. The molecule has 6 nitrogen and oxygen atoms in total. The van der Waals surface area contributed by atoms with Crippen LogP contribution < -0.4 is 4.90 Å². The Hall–Kier alpha value is -2.78. The van der Waals surface area contributed by atoms with E-state index in [0.29, 0.717) is 40.9 Å². The molecule has 0 saturated carbocycles. The predicted molar refractivity (Wildman–Crippen MR) is 141 cm³/mol. The van der Waals surface area contributed by atoms with Crippen LogP contribution in [0.1, 0.15) is 35.2 Å². The van der Waals surface area contributed by atoms with Crippen molar-refractivity contribution in [3.63, 3.8) is 0 Å². The van der Waals surface area contributed by atoms with Gasteiger partial charge in [0.2, 0.25) is 10.0 Å². The molecule has 180 valence electrons. The van der Waals surface area contributed by atoms with E-state index < -0.39 is 10.0 Å². The molecular weight excluding hydrogens is 502 g/mol. The van der Waals surface area contributed by atoms with Gasteiger partial charge in [0.1, 0.15) is 5.52 Å². The molecule has 0 radical (unpaired) electrons. The molecular formula is C26H24ClN3O3S2. The minimum Gasteiger partial charge on any atom is -0.279 e. The summed E-state index contributed by atoms with van der Waals surface area (Å²) in [7, 11) is -3.56. The summed E-state index contributed by atoms with van der Waals surface area (Å²) in [5, 5.41) is 1.07. The van der Waals surface area contributed by atoms with Crippen LogP contribution in [0.25, 0.3) is 10.2 Å². The Morgan fingerprint density at radius 1 is 0.943 bits per heavy atom. The number of fused-ring (bicyclic) bond motifs is 1. The highest BCUT2D eigenvalue weighted by Gasteiger charge is 2.27. The number of para-hydroxylation sites is 1. The van der Waals surface area contributed by atoms with Gasteiger partial charge in [0, 0.05) is 18.7 Å². The summed E-state index contributed by atoms with van der Waals surface area (Å²) in [6.45, 7) is 1.40. The molecule has 0 spiro atoms. The van der Waals surface area contributed by atoms with Crippen LogP contribution in [-0.2, 0) is 16.6 Å². The molecule has 3 aromatic carbocycles. The Bertz CT molecular complexity index is 1450. The van der Waals surface area contributed by atoms with Crippen molar-refractivity contribution in [2.45, 2.75) is 30.7 Å². The summed E-state index contributed by atoms with van der Waals surface area (Å²) < 4.78 is 28.4. The smallest absolute Gasteiger partial charge is 0.260 e. The van der Waals surface area contributed by atoms with Gasteiger partial charge in [-0.3, -0.25) is 9.69 Å². The van der Waals surface area contributed by atoms with Gasteiger partial charge in [0.25, 0.3) is 5.91 Å². The minimum absolute atomic E-state index is 0.206. The number of anilines is 1. The number of sulfonamides is 1. The largest absolute Gasteiger partial charge is 0.279 e. The van der Waals surface area contributed by atoms with Gasteiger partial charge in [-0.2, -0.15) is 4.31 Å². The van der Waals surface area contributed by atoms with Gasteiger partial charge in [-0.25, -0.2) is 13.4 Å². The standard InChI is InChI=1S/C26H24ClN3O3S2/c27-22-10-7-11-23-24(22)28-26(34-23)30(18-19-8-3-1-4-9-19)25(31)20-12-14-21(15-13-20)35(32,33)29-16-5-2-6-17-29/h1,3-4,7-15H,2,5-6,16-18H2. The average Bonchev–Trinajstić information content (AvgIpc) is 3.34. The fourth-order valence-corrected chi connectivity index (χ4v) is 6.97. The Kier molecular flexibility index (Phi) is 6.88. The van der Waals surface area contributed by atoms with E-state index in [4.69, 9.17) is 11.6 Å². The first-order valence-corrected chi connectivity index (χ1v) is 14.1. The van der Waals surface area contributed by atoms with E-state index >= 15 is 0 Å². The van der Waals surface area contributed by atoms with Gasteiger partial charge in [-0.1, -0.05) is 65.8 Å². The quantitative estimate of drug-likeness (QED) is 0.311. The second-order valence-corrected chi connectivity index (χ2v) is 11.8. The highest BCUT2D eigenvalue weighted by Crippen LogP contribution is 2.34. The normalized spacial score (nSPS) is 14.8. The van der Waals surface area contributed by atoms with Crippen molar-refractivity contribution in [3.8, 4) is 0 Å². The zero-order valence-corrected chi connectivity index (χ0v) is 21.3. The van der Waals surface area contributed by atoms with E-state index in [1.807, 2.05) is 42.5 Å². The van der Waals surface area contributed by atoms with Crippen molar-refractivity contribution in [1.29, 1.82) is 0 Å². The topological polar surface area (TPSA) is 70.6 Å². The van der Waals surface area contributed by atoms with Gasteiger partial charge in [0.05, 0.1) is 21.2 Å². The zero-order chi connectivity index (χ0) is 24.4. The third-order valence-electron chi connectivity index (χ3n) is 6.07. The van der Waals surface area contributed by atoms with Crippen molar-refractivity contribution in [2.24, 2.45) is 0 Å². The van der Waals surface area contributed by atoms with Crippen LogP contribution in [0.3, 0.4) is 0 Å². The van der Waals surface area contributed by atoms with Crippen LogP contribution in [-0.4, -0.2) is 36.7 Å². The summed E-state index contributed by atoms with van der Waals surface area (Å²) in [5.41, 5.74) is 2.00. The molecule has 0 aliphatic carbocycles. The first kappa shape index (κ1) is 23.9. The van der Waals surface area contributed by atoms with Crippen LogP contribution in [0.2, 0.25) is 5.02 Å². The summed E-state index contributed by atoms with van der Waals surface area (Å²) in [4.78, 5) is 20.2. The summed E-state index contributed by atoms with van der Waals surface area (Å²) in [6, 6.07) is 21.4.